The van der Waals surface area contributed by atoms with Gasteiger partial charge in [0, 0.05) is 5.92 Å². The van der Waals surface area contributed by atoms with Crippen LogP contribution in [0.15, 0.2) is 24.3 Å². The predicted octanol–water partition coefficient (Wildman–Crippen LogP) is 2.22. The van der Waals surface area contributed by atoms with E-state index in [0.717, 1.165) is 11.1 Å². The first kappa shape index (κ1) is 18.2. The number of carbonyl (C=O) groups is 2. The van der Waals surface area contributed by atoms with Crippen LogP contribution in [0.3, 0.4) is 0 Å². The fraction of sp³-hybridized carbons (Fsp3) is 0.529. The van der Waals surface area contributed by atoms with Crippen molar-refractivity contribution in [2.75, 3.05) is 0 Å². The molecule has 0 saturated heterocycles. The maximum absolute atomic E-state index is 12.2. The van der Waals surface area contributed by atoms with E-state index in [-0.39, 0.29) is 0 Å². The van der Waals surface area contributed by atoms with Gasteiger partial charge in [-0.1, -0.05) is 50.1 Å². The van der Waals surface area contributed by atoms with Crippen LogP contribution in [0.4, 0.5) is 0 Å². The van der Waals surface area contributed by atoms with E-state index in [4.69, 9.17) is 0 Å². The van der Waals surface area contributed by atoms with E-state index in [9.17, 15) is 19.8 Å². The average Bonchev–Trinajstić information content (AvgIpc) is 2.46. The summed E-state index contributed by atoms with van der Waals surface area (Å²) in [6.45, 7) is 7.01. The minimum Gasteiger partial charge on any atom is -0.480 e. The SMILES string of the molecule is CCCC(C)(NC(=O)C(O)C(C)c1ccc(C)cc1)C(=O)O. The minimum absolute atomic E-state index is 0.305. The fourth-order valence-corrected chi connectivity index (χ4v) is 2.35. The molecular weight excluding hydrogens is 282 g/mol. The van der Waals surface area contributed by atoms with E-state index in [0.29, 0.717) is 12.8 Å². The Morgan fingerprint density at radius 3 is 2.27 bits per heavy atom. The van der Waals surface area contributed by atoms with Crippen molar-refractivity contribution < 1.29 is 19.8 Å². The number of nitrogens with one attached hydrogen (secondary N) is 1. The van der Waals surface area contributed by atoms with E-state index in [1.54, 1.807) is 6.92 Å². The van der Waals surface area contributed by atoms with Crippen molar-refractivity contribution in [3.8, 4) is 0 Å². The van der Waals surface area contributed by atoms with Crippen LogP contribution in [0.2, 0.25) is 0 Å². The van der Waals surface area contributed by atoms with Gasteiger partial charge in [-0.15, -0.1) is 0 Å². The fourth-order valence-electron chi connectivity index (χ4n) is 2.35. The topological polar surface area (TPSA) is 86.6 Å². The third-order valence-electron chi connectivity index (χ3n) is 3.97. The monoisotopic (exact) mass is 307 g/mol. The molecule has 0 aliphatic carbocycles. The molecule has 1 rings (SSSR count). The van der Waals surface area contributed by atoms with Gasteiger partial charge in [-0.3, -0.25) is 4.79 Å². The lowest BCUT2D eigenvalue weighted by Crippen LogP contribution is -2.55. The number of benzene rings is 1. The largest absolute Gasteiger partial charge is 0.480 e. The number of hydrogen-bond donors (Lipinski definition) is 3. The summed E-state index contributed by atoms with van der Waals surface area (Å²) < 4.78 is 0. The second-order valence-corrected chi connectivity index (χ2v) is 6.02. The van der Waals surface area contributed by atoms with Crippen molar-refractivity contribution in [2.45, 2.75) is 58.1 Å². The third-order valence-corrected chi connectivity index (χ3v) is 3.97. The zero-order valence-electron chi connectivity index (χ0n) is 13.6. The summed E-state index contributed by atoms with van der Waals surface area (Å²) in [5, 5.41) is 22.0. The molecule has 0 aliphatic heterocycles. The number of aliphatic carboxylic acids is 1. The standard InChI is InChI=1S/C17H25NO4/c1-5-10-17(4,16(21)22)18-15(20)14(19)12(3)13-8-6-11(2)7-9-13/h6-9,12,14,19H,5,10H2,1-4H3,(H,18,20)(H,21,22). The molecular formula is C17H25NO4. The Hall–Kier alpha value is -1.88. The molecule has 3 atom stereocenters. The van der Waals surface area contributed by atoms with Crippen molar-refractivity contribution >= 4 is 11.9 Å². The lowest BCUT2D eigenvalue weighted by atomic mass is 9.91. The van der Waals surface area contributed by atoms with Crippen LogP contribution in [0.1, 0.15) is 50.7 Å². The molecule has 22 heavy (non-hydrogen) atoms. The molecule has 5 heteroatoms. The maximum atomic E-state index is 12.2. The maximum Gasteiger partial charge on any atom is 0.329 e. The molecule has 0 aliphatic rings. The Morgan fingerprint density at radius 1 is 1.27 bits per heavy atom. The third kappa shape index (κ3) is 4.31. The number of amides is 1. The Balaban J connectivity index is 2.83. The number of aryl methyl sites for hydroxylation is 1. The van der Waals surface area contributed by atoms with E-state index < -0.39 is 29.4 Å². The Labute approximate surface area is 131 Å². The number of rotatable bonds is 7. The molecule has 0 spiro atoms. The van der Waals surface area contributed by atoms with E-state index in [1.165, 1.54) is 6.92 Å². The van der Waals surface area contributed by atoms with Gasteiger partial charge >= 0.3 is 5.97 Å². The Morgan fingerprint density at radius 2 is 1.82 bits per heavy atom. The molecule has 3 unspecified atom stereocenters. The quantitative estimate of drug-likeness (QED) is 0.721. The van der Waals surface area contributed by atoms with Crippen LogP contribution in [-0.4, -0.2) is 33.7 Å². The summed E-state index contributed by atoms with van der Waals surface area (Å²) in [6.07, 6.45) is -0.370. The lowest BCUT2D eigenvalue weighted by Gasteiger charge is -2.28. The smallest absolute Gasteiger partial charge is 0.329 e. The van der Waals surface area contributed by atoms with Crippen LogP contribution in [-0.2, 0) is 9.59 Å². The summed E-state index contributed by atoms with van der Waals surface area (Å²) in [5.41, 5.74) is 0.567. The first-order chi connectivity index (χ1) is 10.2. The van der Waals surface area contributed by atoms with Gasteiger partial charge in [-0.2, -0.15) is 0 Å². The summed E-state index contributed by atoms with van der Waals surface area (Å²) in [4.78, 5) is 23.5. The first-order valence-electron chi connectivity index (χ1n) is 7.51. The molecule has 3 N–H and O–H groups in total. The van der Waals surface area contributed by atoms with Crippen LogP contribution in [0.25, 0.3) is 0 Å². The Kier molecular flexibility index (Phi) is 6.11. The molecule has 1 amide bonds. The molecule has 122 valence electrons. The number of hydrogen-bond acceptors (Lipinski definition) is 3. The number of carbonyl (C=O) groups excluding carboxylic acids is 1. The van der Waals surface area contributed by atoms with Crippen LogP contribution in [0.5, 0.6) is 0 Å². The molecule has 0 radical (unpaired) electrons. The number of carboxylic acids is 1. The summed E-state index contributed by atoms with van der Waals surface area (Å²) >= 11 is 0. The van der Waals surface area contributed by atoms with Gasteiger partial charge in [0.05, 0.1) is 0 Å². The van der Waals surface area contributed by atoms with E-state index in [1.807, 2.05) is 38.1 Å². The van der Waals surface area contributed by atoms with Gasteiger partial charge in [0.1, 0.15) is 11.6 Å². The van der Waals surface area contributed by atoms with Crippen molar-refractivity contribution in [1.29, 1.82) is 0 Å². The highest BCUT2D eigenvalue weighted by molar-refractivity contribution is 5.89. The summed E-state index contributed by atoms with van der Waals surface area (Å²) in [5.74, 6) is -2.18. The van der Waals surface area contributed by atoms with Crippen molar-refractivity contribution in [1.82, 2.24) is 5.32 Å². The van der Waals surface area contributed by atoms with Crippen LogP contribution >= 0.6 is 0 Å². The number of aliphatic hydroxyl groups excluding tert-OH is 1. The molecule has 1 aromatic rings. The number of aliphatic hydroxyl groups is 1. The molecule has 1 aromatic carbocycles. The van der Waals surface area contributed by atoms with Crippen LogP contribution in [0, 0.1) is 6.92 Å². The van der Waals surface area contributed by atoms with Gasteiger partial charge in [0.2, 0.25) is 5.91 Å². The van der Waals surface area contributed by atoms with Gasteiger partial charge in [-0.25, -0.2) is 4.79 Å². The summed E-state index contributed by atoms with van der Waals surface area (Å²) in [6, 6.07) is 7.54. The van der Waals surface area contributed by atoms with Gasteiger partial charge in [-0.05, 0) is 25.8 Å². The Bertz CT molecular complexity index is 526. The van der Waals surface area contributed by atoms with Crippen molar-refractivity contribution in [2.24, 2.45) is 0 Å². The number of carboxylic acid groups (broad SMARTS) is 1. The van der Waals surface area contributed by atoms with Gasteiger partial charge < -0.3 is 15.5 Å². The zero-order chi connectivity index (χ0) is 16.9. The highest BCUT2D eigenvalue weighted by Crippen LogP contribution is 2.21. The molecule has 0 heterocycles. The second kappa shape index (κ2) is 7.40. The van der Waals surface area contributed by atoms with Crippen molar-refractivity contribution in [3.63, 3.8) is 0 Å². The first-order valence-corrected chi connectivity index (χ1v) is 7.51. The molecule has 0 fully saturated rings. The molecule has 0 bridgehead atoms. The zero-order valence-corrected chi connectivity index (χ0v) is 13.6. The highest BCUT2D eigenvalue weighted by atomic mass is 16.4. The molecule has 0 aromatic heterocycles. The van der Waals surface area contributed by atoms with E-state index in [2.05, 4.69) is 5.32 Å². The summed E-state index contributed by atoms with van der Waals surface area (Å²) in [7, 11) is 0. The average molecular weight is 307 g/mol. The van der Waals surface area contributed by atoms with E-state index >= 15 is 0 Å². The van der Waals surface area contributed by atoms with Gasteiger partial charge in [0.15, 0.2) is 0 Å². The van der Waals surface area contributed by atoms with Crippen LogP contribution < -0.4 is 5.32 Å². The lowest BCUT2D eigenvalue weighted by molar-refractivity contribution is -0.149. The molecule has 0 saturated carbocycles. The van der Waals surface area contributed by atoms with Crippen molar-refractivity contribution in [3.05, 3.63) is 35.4 Å². The minimum atomic E-state index is -1.36. The normalized spacial score (nSPS) is 16.4. The predicted molar refractivity (Wildman–Crippen MR) is 84.7 cm³/mol. The second-order valence-electron chi connectivity index (χ2n) is 6.02. The molecule has 5 nitrogen and oxygen atoms in total. The van der Waals surface area contributed by atoms with Gasteiger partial charge in [0.25, 0.3) is 0 Å². The highest BCUT2D eigenvalue weighted by Gasteiger charge is 2.36.